The molecule has 0 bridgehead atoms. The number of carboxylic acid groups (broad SMARTS) is 1. The Kier molecular flexibility index (Phi) is 6.74. The average Bonchev–Trinajstić information content (AvgIpc) is 2.95. The number of halogens is 1. The fourth-order valence-corrected chi connectivity index (χ4v) is 3.48. The minimum absolute atomic E-state index is 0.339. The number of aliphatic carboxylic acids is 1. The van der Waals surface area contributed by atoms with Gasteiger partial charge in [-0.3, -0.25) is 4.79 Å². The van der Waals surface area contributed by atoms with Gasteiger partial charge in [0.1, 0.15) is 5.01 Å². The highest BCUT2D eigenvalue weighted by molar-refractivity contribution is 9.10. The third kappa shape index (κ3) is 5.71. The Hall–Kier alpha value is -1.24. The second-order valence-electron chi connectivity index (χ2n) is 5.93. The van der Waals surface area contributed by atoms with Crippen molar-refractivity contribution in [1.82, 2.24) is 10.3 Å². The lowest BCUT2D eigenvalue weighted by Crippen LogP contribution is -2.29. The molecule has 0 aliphatic carbocycles. The molecule has 4 nitrogen and oxygen atoms in total. The molecular weight excluding hydrogens is 376 g/mol. The summed E-state index contributed by atoms with van der Waals surface area (Å²) in [5, 5.41) is 13.5. The van der Waals surface area contributed by atoms with Crippen LogP contribution in [0.5, 0.6) is 0 Å². The van der Waals surface area contributed by atoms with Crippen LogP contribution in [-0.2, 0) is 11.3 Å². The molecule has 0 aliphatic heterocycles. The second-order valence-corrected chi connectivity index (χ2v) is 7.97. The number of nitrogens with one attached hydrogen (secondary N) is 1. The Bertz CT molecular complexity index is 640. The SMILES string of the molecule is CC(C)CC(CNCc1cnc(-c2ccc(Br)cc2)s1)C(=O)O. The molecular formula is C17H21BrN2O2S. The lowest BCUT2D eigenvalue weighted by molar-refractivity contribution is -0.142. The molecule has 0 spiro atoms. The number of rotatable bonds is 8. The van der Waals surface area contributed by atoms with Gasteiger partial charge in [0.2, 0.25) is 0 Å². The summed E-state index contributed by atoms with van der Waals surface area (Å²) >= 11 is 5.05. The molecule has 0 radical (unpaired) electrons. The fourth-order valence-electron chi connectivity index (χ4n) is 2.33. The van der Waals surface area contributed by atoms with Gasteiger partial charge >= 0.3 is 5.97 Å². The fraction of sp³-hybridized carbons (Fsp3) is 0.412. The van der Waals surface area contributed by atoms with E-state index in [1.807, 2.05) is 44.3 Å². The minimum Gasteiger partial charge on any atom is -0.481 e. The minimum atomic E-state index is -0.731. The molecule has 1 unspecified atom stereocenters. The van der Waals surface area contributed by atoms with Crippen LogP contribution >= 0.6 is 27.3 Å². The summed E-state index contributed by atoms with van der Waals surface area (Å²) in [5.41, 5.74) is 1.09. The molecule has 1 atom stereocenters. The molecule has 2 N–H and O–H groups in total. The molecule has 0 saturated carbocycles. The number of thiazole rings is 1. The molecule has 6 heteroatoms. The smallest absolute Gasteiger partial charge is 0.307 e. The number of hydrogen-bond acceptors (Lipinski definition) is 4. The van der Waals surface area contributed by atoms with Crippen LogP contribution in [0.4, 0.5) is 0 Å². The van der Waals surface area contributed by atoms with E-state index in [4.69, 9.17) is 0 Å². The van der Waals surface area contributed by atoms with E-state index < -0.39 is 5.97 Å². The second kappa shape index (κ2) is 8.57. The maximum atomic E-state index is 11.2. The lowest BCUT2D eigenvalue weighted by Gasteiger charge is -2.14. The van der Waals surface area contributed by atoms with Gasteiger partial charge in [-0.1, -0.05) is 41.9 Å². The quantitative estimate of drug-likeness (QED) is 0.693. The van der Waals surface area contributed by atoms with E-state index in [-0.39, 0.29) is 5.92 Å². The van der Waals surface area contributed by atoms with Gasteiger partial charge in [0.05, 0.1) is 5.92 Å². The number of carbonyl (C=O) groups is 1. The summed E-state index contributed by atoms with van der Waals surface area (Å²) in [6, 6.07) is 8.06. The van der Waals surface area contributed by atoms with Gasteiger partial charge in [-0.15, -0.1) is 11.3 Å². The zero-order chi connectivity index (χ0) is 16.8. The van der Waals surface area contributed by atoms with E-state index in [1.54, 1.807) is 11.3 Å². The maximum absolute atomic E-state index is 11.2. The molecule has 23 heavy (non-hydrogen) atoms. The summed E-state index contributed by atoms with van der Waals surface area (Å²) < 4.78 is 1.05. The van der Waals surface area contributed by atoms with Crippen LogP contribution in [0.2, 0.25) is 0 Å². The average molecular weight is 397 g/mol. The third-order valence-corrected chi connectivity index (χ3v) is 5.01. The summed E-state index contributed by atoms with van der Waals surface area (Å²) in [6.45, 7) is 5.22. The Morgan fingerprint density at radius 3 is 2.65 bits per heavy atom. The van der Waals surface area contributed by atoms with Crippen molar-refractivity contribution in [2.24, 2.45) is 11.8 Å². The Morgan fingerprint density at radius 2 is 2.04 bits per heavy atom. The van der Waals surface area contributed by atoms with Crippen LogP contribution < -0.4 is 5.32 Å². The van der Waals surface area contributed by atoms with Crippen LogP contribution in [0.25, 0.3) is 10.6 Å². The van der Waals surface area contributed by atoms with Crippen molar-refractivity contribution in [3.05, 3.63) is 39.8 Å². The molecule has 0 saturated heterocycles. The zero-order valence-corrected chi connectivity index (χ0v) is 15.7. The van der Waals surface area contributed by atoms with Gasteiger partial charge < -0.3 is 10.4 Å². The lowest BCUT2D eigenvalue weighted by atomic mass is 9.97. The monoisotopic (exact) mass is 396 g/mol. The van der Waals surface area contributed by atoms with Crippen molar-refractivity contribution in [2.75, 3.05) is 6.54 Å². The standard InChI is InChI=1S/C17H21BrN2O2S/c1-11(2)7-13(17(21)22)8-19-9-15-10-20-16(23-15)12-3-5-14(18)6-4-12/h3-6,10-11,13,19H,7-9H2,1-2H3,(H,21,22). The van der Waals surface area contributed by atoms with Crippen LogP contribution in [0.15, 0.2) is 34.9 Å². The molecule has 2 aromatic rings. The number of hydrogen-bond donors (Lipinski definition) is 2. The van der Waals surface area contributed by atoms with Crippen LogP contribution in [0.3, 0.4) is 0 Å². The summed E-state index contributed by atoms with van der Waals surface area (Å²) in [4.78, 5) is 16.8. The van der Waals surface area contributed by atoms with E-state index >= 15 is 0 Å². The van der Waals surface area contributed by atoms with Gasteiger partial charge in [-0.2, -0.15) is 0 Å². The highest BCUT2D eigenvalue weighted by Gasteiger charge is 2.18. The van der Waals surface area contributed by atoms with Gasteiger partial charge in [-0.25, -0.2) is 4.98 Å². The van der Waals surface area contributed by atoms with Gasteiger partial charge in [0.25, 0.3) is 0 Å². The molecule has 1 aromatic heterocycles. The highest BCUT2D eigenvalue weighted by atomic mass is 79.9. The van der Waals surface area contributed by atoms with Crippen molar-refractivity contribution in [2.45, 2.75) is 26.8 Å². The first-order valence-corrected chi connectivity index (χ1v) is 9.21. The van der Waals surface area contributed by atoms with E-state index in [2.05, 4.69) is 26.2 Å². The first-order valence-electron chi connectivity index (χ1n) is 7.60. The highest BCUT2D eigenvalue weighted by Crippen LogP contribution is 2.26. The number of carboxylic acids is 1. The van der Waals surface area contributed by atoms with Crippen molar-refractivity contribution < 1.29 is 9.90 Å². The van der Waals surface area contributed by atoms with Gasteiger partial charge in [-0.05, 0) is 24.5 Å². The molecule has 0 amide bonds. The number of nitrogens with zero attached hydrogens (tertiary/aromatic N) is 1. The zero-order valence-electron chi connectivity index (χ0n) is 13.3. The molecule has 0 fully saturated rings. The van der Waals surface area contributed by atoms with Crippen LogP contribution in [0, 0.1) is 11.8 Å². The van der Waals surface area contributed by atoms with E-state index in [0.29, 0.717) is 25.4 Å². The largest absolute Gasteiger partial charge is 0.481 e. The first kappa shape index (κ1) is 18.1. The number of aromatic nitrogens is 1. The molecule has 124 valence electrons. The Labute approximate surface area is 149 Å². The molecule has 2 rings (SSSR count). The Balaban J connectivity index is 1.89. The normalized spacial score (nSPS) is 12.5. The molecule has 1 heterocycles. The predicted molar refractivity (Wildman–Crippen MR) is 97.5 cm³/mol. The topological polar surface area (TPSA) is 62.2 Å². The van der Waals surface area contributed by atoms with Crippen molar-refractivity contribution in [1.29, 1.82) is 0 Å². The summed E-state index contributed by atoms with van der Waals surface area (Å²) in [7, 11) is 0. The Morgan fingerprint density at radius 1 is 1.35 bits per heavy atom. The third-order valence-electron chi connectivity index (χ3n) is 3.44. The van der Waals surface area contributed by atoms with Crippen LogP contribution in [0.1, 0.15) is 25.1 Å². The van der Waals surface area contributed by atoms with E-state index in [9.17, 15) is 9.90 Å². The first-order chi connectivity index (χ1) is 11.0. The summed E-state index contributed by atoms with van der Waals surface area (Å²) in [6.07, 6.45) is 2.54. The van der Waals surface area contributed by atoms with Gasteiger partial charge in [0.15, 0.2) is 0 Å². The molecule has 1 aromatic carbocycles. The van der Waals surface area contributed by atoms with E-state index in [1.165, 1.54) is 0 Å². The maximum Gasteiger partial charge on any atom is 0.307 e. The van der Waals surface area contributed by atoms with Crippen molar-refractivity contribution in [3.8, 4) is 10.6 Å². The number of benzene rings is 1. The van der Waals surface area contributed by atoms with Crippen LogP contribution in [-0.4, -0.2) is 22.6 Å². The van der Waals surface area contributed by atoms with Crippen molar-refractivity contribution >= 4 is 33.2 Å². The van der Waals surface area contributed by atoms with Gasteiger partial charge in [0, 0.05) is 34.2 Å². The van der Waals surface area contributed by atoms with Crippen molar-refractivity contribution in [3.63, 3.8) is 0 Å². The predicted octanol–water partition coefficient (Wildman–Crippen LogP) is 4.41. The van der Waals surface area contributed by atoms with E-state index in [0.717, 1.165) is 19.9 Å². The molecule has 0 aliphatic rings. The summed E-state index contributed by atoms with van der Waals surface area (Å²) in [5.74, 6) is -0.690.